The lowest BCUT2D eigenvalue weighted by Crippen LogP contribution is -2.40. The van der Waals surface area contributed by atoms with Crippen molar-refractivity contribution in [3.8, 4) is 0 Å². The summed E-state index contributed by atoms with van der Waals surface area (Å²) in [5, 5.41) is 11.9. The molecule has 0 bridgehead atoms. The molecule has 3 atom stereocenters. The molecular formula is C18H21NO2. The van der Waals surface area contributed by atoms with Gasteiger partial charge in [-0.1, -0.05) is 49.4 Å². The van der Waals surface area contributed by atoms with Crippen molar-refractivity contribution in [1.82, 2.24) is 4.90 Å². The van der Waals surface area contributed by atoms with Crippen LogP contribution in [0.1, 0.15) is 31.9 Å². The van der Waals surface area contributed by atoms with Crippen LogP contribution in [-0.4, -0.2) is 28.6 Å². The summed E-state index contributed by atoms with van der Waals surface area (Å²) in [6.07, 6.45) is 0.950. The van der Waals surface area contributed by atoms with E-state index in [-0.39, 0.29) is 18.0 Å². The molecule has 21 heavy (non-hydrogen) atoms. The largest absolute Gasteiger partial charge is 0.480 e. The molecule has 1 saturated heterocycles. The van der Waals surface area contributed by atoms with Gasteiger partial charge in [-0.2, -0.15) is 0 Å². The first-order chi connectivity index (χ1) is 10.1. The van der Waals surface area contributed by atoms with Gasteiger partial charge in [-0.25, -0.2) is 0 Å². The van der Waals surface area contributed by atoms with Crippen molar-refractivity contribution in [2.24, 2.45) is 5.92 Å². The molecule has 3 heteroatoms. The minimum absolute atomic E-state index is 0.113. The van der Waals surface area contributed by atoms with Gasteiger partial charge in [0, 0.05) is 6.04 Å². The van der Waals surface area contributed by atoms with Crippen LogP contribution in [0, 0.1) is 5.92 Å². The van der Waals surface area contributed by atoms with Gasteiger partial charge >= 0.3 is 5.97 Å². The number of benzene rings is 2. The molecule has 110 valence electrons. The van der Waals surface area contributed by atoms with Crippen molar-refractivity contribution in [3.63, 3.8) is 0 Å². The highest BCUT2D eigenvalue weighted by Gasteiger charge is 2.39. The molecule has 1 fully saturated rings. The lowest BCUT2D eigenvalue weighted by Gasteiger charge is -2.30. The molecule has 0 saturated carbocycles. The van der Waals surface area contributed by atoms with Gasteiger partial charge < -0.3 is 5.11 Å². The third-order valence-electron chi connectivity index (χ3n) is 4.76. The average molecular weight is 283 g/mol. The standard InChI is InChI=1S/C18H21NO2/c1-12-10-11-19(17(12)18(20)21)13(2)15-9-5-7-14-6-3-4-8-16(14)15/h3-9,12-13,17H,10-11H2,1-2H3,(H,20,21). The minimum Gasteiger partial charge on any atom is -0.480 e. The van der Waals surface area contributed by atoms with Gasteiger partial charge in [-0.15, -0.1) is 0 Å². The predicted octanol–water partition coefficient (Wildman–Crippen LogP) is 3.70. The summed E-state index contributed by atoms with van der Waals surface area (Å²) in [4.78, 5) is 13.7. The van der Waals surface area contributed by atoms with Crippen molar-refractivity contribution < 1.29 is 9.90 Å². The molecule has 3 nitrogen and oxygen atoms in total. The van der Waals surface area contributed by atoms with Gasteiger partial charge in [0.1, 0.15) is 6.04 Å². The van der Waals surface area contributed by atoms with Gasteiger partial charge in [-0.05, 0) is 42.1 Å². The van der Waals surface area contributed by atoms with Crippen LogP contribution in [-0.2, 0) is 4.79 Å². The summed E-state index contributed by atoms with van der Waals surface area (Å²) in [6, 6.07) is 14.3. The second-order valence-corrected chi connectivity index (χ2v) is 6.03. The first-order valence-corrected chi connectivity index (χ1v) is 7.56. The Bertz CT molecular complexity index is 662. The fourth-order valence-electron chi connectivity index (χ4n) is 3.59. The fourth-order valence-corrected chi connectivity index (χ4v) is 3.59. The maximum absolute atomic E-state index is 11.6. The molecule has 3 unspecified atom stereocenters. The highest BCUT2D eigenvalue weighted by molar-refractivity contribution is 5.86. The van der Waals surface area contributed by atoms with E-state index in [4.69, 9.17) is 0 Å². The lowest BCUT2D eigenvalue weighted by atomic mass is 9.97. The Hall–Kier alpha value is -1.87. The van der Waals surface area contributed by atoms with Crippen molar-refractivity contribution in [1.29, 1.82) is 0 Å². The molecule has 1 heterocycles. The summed E-state index contributed by atoms with van der Waals surface area (Å²) in [6.45, 7) is 5.01. The summed E-state index contributed by atoms with van der Waals surface area (Å²) < 4.78 is 0. The Labute approximate surface area is 125 Å². The van der Waals surface area contributed by atoms with Gasteiger partial charge in [0.25, 0.3) is 0 Å². The van der Waals surface area contributed by atoms with Gasteiger partial charge in [0.2, 0.25) is 0 Å². The Morgan fingerprint density at radius 2 is 1.95 bits per heavy atom. The zero-order valence-electron chi connectivity index (χ0n) is 12.5. The number of fused-ring (bicyclic) bond motifs is 1. The van der Waals surface area contributed by atoms with E-state index in [2.05, 4.69) is 42.2 Å². The van der Waals surface area contributed by atoms with E-state index >= 15 is 0 Å². The fraction of sp³-hybridized carbons (Fsp3) is 0.389. The molecule has 2 aromatic rings. The van der Waals surface area contributed by atoms with Crippen LogP contribution >= 0.6 is 0 Å². The van der Waals surface area contributed by atoms with E-state index in [0.29, 0.717) is 0 Å². The predicted molar refractivity (Wildman–Crippen MR) is 84.3 cm³/mol. The number of rotatable bonds is 3. The van der Waals surface area contributed by atoms with Gasteiger partial charge in [-0.3, -0.25) is 9.69 Å². The maximum Gasteiger partial charge on any atom is 0.321 e. The molecule has 0 radical (unpaired) electrons. The molecule has 0 aliphatic carbocycles. The Morgan fingerprint density at radius 3 is 2.71 bits per heavy atom. The summed E-state index contributed by atoms with van der Waals surface area (Å²) >= 11 is 0. The van der Waals surface area contributed by atoms with E-state index in [1.54, 1.807) is 0 Å². The molecule has 0 aromatic heterocycles. The number of hydrogen-bond donors (Lipinski definition) is 1. The first-order valence-electron chi connectivity index (χ1n) is 7.56. The summed E-state index contributed by atoms with van der Waals surface area (Å²) in [5.41, 5.74) is 1.22. The van der Waals surface area contributed by atoms with Crippen molar-refractivity contribution >= 4 is 16.7 Å². The third-order valence-corrected chi connectivity index (χ3v) is 4.76. The zero-order chi connectivity index (χ0) is 15.0. The van der Waals surface area contributed by atoms with Crippen LogP contribution in [0.3, 0.4) is 0 Å². The number of carboxylic acids is 1. The maximum atomic E-state index is 11.6. The Balaban J connectivity index is 2.01. The smallest absolute Gasteiger partial charge is 0.321 e. The summed E-state index contributed by atoms with van der Waals surface area (Å²) in [7, 11) is 0. The highest BCUT2D eigenvalue weighted by atomic mass is 16.4. The number of carboxylic acid groups (broad SMARTS) is 1. The average Bonchev–Trinajstić information content (AvgIpc) is 2.88. The Kier molecular flexibility index (Phi) is 3.68. The van der Waals surface area contributed by atoms with Crippen molar-refractivity contribution in [3.05, 3.63) is 48.0 Å². The zero-order valence-corrected chi connectivity index (χ0v) is 12.5. The van der Waals surface area contributed by atoms with Gasteiger partial charge in [0.05, 0.1) is 0 Å². The summed E-state index contributed by atoms with van der Waals surface area (Å²) in [5.74, 6) is -0.494. The monoisotopic (exact) mass is 283 g/mol. The van der Waals surface area contributed by atoms with E-state index < -0.39 is 5.97 Å². The highest BCUT2D eigenvalue weighted by Crippen LogP contribution is 2.35. The van der Waals surface area contributed by atoms with Crippen LogP contribution < -0.4 is 0 Å². The van der Waals surface area contributed by atoms with Crippen molar-refractivity contribution in [2.45, 2.75) is 32.4 Å². The topological polar surface area (TPSA) is 40.5 Å². The van der Waals surface area contributed by atoms with Crippen LogP contribution in [0.25, 0.3) is 10.8 Å². The van der Waals surface area contributed by atoms with E-state index in [1.165, 1.54) is 16.3 Å². The van der Waals surface area contributed by atoms with Crippen LogP contribution in [0.5, 0.6) is 0 Å². The van der Waals surface area contributed by atoms with E-state index in [9.17, 15) is 9.90 Å². The molecule has 1 aliphatic heterocycles. The van der Waals surface area contributed by atoms with E-state index in [1.807, 2.05) is 19.1 Å². The number of nitrogens with zero attached hydrogens (tertiary/aromatic N) is 1. The number of carbonyl (C=O) groups is 1. The molecule has 2 aromatic carbocycles. The molecule has 0 spiro atoms. The van der Waals surface area contributed by atoms with Crippen molar-refractivity contribution in [2.75, 3.05) is 6.54 Å². The SMILES string of the molecule is CC1CCN(C(C)c2cccc3ccccc23)C1C(=O)O. The number of likely N-dealkylation sites (tertiary alicyclic amines) is 1. The molecule has 1 aliphatic rings. The molecule has 0 amide bonds. The first kappa shape index (κ1) is 14.1. The quantitative estimate of drug-likeness (QED) is 0.933. The minimum atomic E-state index is -0.702. The second-order valence-electron chi connectivity index (χ2n) is 6.03. The number of aliphatic carboxylic acids is 1. The molecular weight excluding hydrogens is 262 g/mol. The second kappa shape index (κ2) is 5.49. The lowest BCUT2D eigenvalue weighted by molar-refractivity contribution is -0.144. The van der Waals surface area contributed by atoms with Crippen LogP contribution in [0.2, 0.25) is 0 Å². The molecule has 1 N–H and O–H groups in total. The van der Waals surface area contributed by atoms with Gasteiger partial charge in [0.15, 0.2) is 0 Å². The Morgan fingerprint density at radius 1 is 1.24 bits per heavy atom. The molecule has 3 rings (SSSR count). The third kappa shape index (κ3) is 2.42. The normalized spacial score (nSPS) is 24.3. The van der Waals surface area contributed by atoms with Crippen LogP contribution in [0.15, 0.2) is 42.5 Å². The van der Waals surface area contributed by atoms with E-state index in [0.717, 1.165) is 13.0 Å². The number of hydrogen-bond acceptors (Lipinski definition) is 2. The van der Waals surface area contributed by atoms with Crippen LogP contribution in [0.4, 0.5) is 0 Å².